The van der Waals surface area contributed by atoms with Gasteiger partial charge >= 0.3 is 0 Å². The average molecular weight is 725 g/mol. The highest BCUT2D eigenvalue weighted by Crippen LogP contribution is 2.40. The van der Waals surface area contributed by atoms with Gasteiger partial charge in [0, 0.05) is 51.0 Å². The molecule has 2 N–H and O–H groups in total. The van der Waals surface area contributed by atoms with Crippen LogP contribution >= 0.6 is 0 Å². The summed E-state index contributed by atoms with van der Waals surface area (Å²) >= 11 is 0. The molecule has 4 aromatic rings. The monoisotopic (exact) mass is 724 g/mol. The quantitative estimate of drug-likeness (QED) is 0.111. The number of rotatable bonds is 9. The van der Waals surface area contributed by atoms with E-state index in [-0.39, 0.29) is 25.4 Å². The van der Waals surface area contributed by atoms with E-state index in [4.69, 9.17) is 18.9 Å². The summed E-state index contributed by atoms with van der Waals surface area (Å²) in [5.41, 5.74) is 2.96. The maximum Gasteiger partial charge on any atom is 0.257 e. The molecule has 7 rings (SSSR count). The number of carbonyl (C=O) groups excluding carboxylic acids is 1. The SMILES string of the molecule is O=C(NCc1ccccc1-c1ccc(C2OC(CN3CCC4(CC3)OCCO4)CC(c3ccc(CO)cc3)O2)cc1)c1c(F)c(F)c(F)c(F)c1F. The van der Waals surface area contributed by atoms with Gasteiger partial charge in [-0.15, -0.1) is 0 Å². The van der Waals surface area contributed by atoms with E-state index in [1.54, 1.807) is 24.3 Å². The highest BCUT2D eigenvalue weighted by Gasteiger charge is 2.41. The Morgan fingerprint density at radius 2 is 1.40 bits per heavy atom. The lowest BCUT2D eigenvalue weighted by Gasteiger charge is -2.41. The lowest BCUT2D eigenvalue weighted by molar-refractivity contribution is -0.255. The minimum atomic E-state index is -2.34. The third-order valence-corrected chi connectivity index (χ3v) is 9.90. The molecule has 1 amide bonds. The normalized spacial score (nSPS) is 21.8. The van der Waals surface area contributed by atoms with Crippen molar-refractivity contribution in [1.29, 1.82) is 0 Å². The van der Waals surface area contributed by atoms with Crippen molar-refractivity contribution in [3.05, 3.63) is 130 Å². The largest absolute Gasteiger partial charge is 0.392 e. The molecule has 0 saturated carbocycles. The highest BCUT2D eigenvalue weighted by molar-refractivity contribution is 5.95. The fourth-order valence-corrected chi connectivity index (χ4v) is 7.03. The summed E-state index contributed by atoms with van der Waals surface area (Å²) in [7, 11) is 0. The number of benzene rings is 4. The van der Waals surface area contributed by atoms with Crippen molar-refractivity contribution in [3.63, 3.8) is 0 Å². The molecular formula is C39H37F5N2O6. The van der Waals surface area contributed by atoms with Crippen LogP contribution in [0.25, 0.3) is 11.1 Å². The lowest BCUT2D eigenvalue weighted by Crippen LogP contribution is -2.48. The van der Waals surface area contributed by atoms with Crippen LogP contribution < -0.4 is 5.32 Å². The van der Waals surface area contributed by atoms with E-state index in [0.717, 1.165) is 48.2 Å². The minimum absolute atomic E-state index is 0.0583. The average Bonchev–Trinajstić information content (AvgIpc) is 3.64. The molecule has 274 valence electrons. The van der Waals surface area contributed by atoms with E-state index < -0.39 is 52.6 Å². The van der Waals surface area contributed by atoms with Gasteiger partial charge in [0.25, 0.3) is 5.91 Å². The molecule has 3 aliphatic heterocycles. The van der Waals surface area contributed by atoms with Gasteiger partial charge in [-0.05, 0) is 27.8 Å². The summed E-state index contributed by atoms with van der Waals surface area (Å²) in [6.07, 6.45) is 1.10. The summed E-state index contributed by atoms with van der Waals surface area (Å²) in [6, 6.07) is 22.1. The van der Waals surface area contributed by atoms with Gasteiger partial charge < -0.3 is 34.3 Å². The van der Waals surface area contributed by atoms with Crippen LogP contribution in [0, 0.1) is 29.1 Å². The smallest absolute Gasteiger partial charge is 0.257 e. The van der Waals surface area contributed by atoms with Gasteiger partial charge in [-0.25, -0.2) is 22.0 Å². The van der Waals surface area contributed by atoms with E-state index in [0.29, 0.717) is 37.3 Å². The van der Waals surface area contributed by atoms with Crippen molar-refractivity contribution >= 4 is 5.91 Å². The standard InChI is InChI=1S/C39H37F5N2O6/c40-32-31(33(41)35(43)36(44)34(32)42)37(48)45-20-27-3-1-2-4-29(27)24-9-11-26(12-10-24)38-51-28(19-30(52-38)25-7-5-23(22-47)6-8-25)21-46-15-13-39(14-16-46)49-17-18-50-39/h1-12,28,30,38,47H,13-22H2,(H,45,48). The van der Waals surface area contributed by atoms with E-state index >= 15 is 0 Å². The number of piperidine rings is 1. The summed E-state index contributed by atoms with van der Waals surface area (Å²) in [6.45, 7) is 3.26. The number of hydrogen-bond acceptors (Lipinski definition) is 7. The lowest BCUT2D eigenvalue weighted by atomic mass is 9.97. The molecule has 0 bridgehead atoms. The number of amides is 1. The predicted octanol–water partition coefficient (Wildman–Crippen LogP) is 6.86. The highest BCUT2D eigenvalue weighted by atomic mass is 19.2. The van der Waals surface area contributed by atoms with Crippen LogP contribution in [0.15, 0.2) is 72.8 Å². The maximum atomic E-state index is 14.2. The van der Waals surface area contributed by atoms with Crippen LogP contribution in [0.2, 0.25) is 0 Å². The molecule has 4 aromatic carbocycles. The molecule has 0 radical (unpaired) electrons. The number of carbonyl (C=O) groups is 1. The van der Waals surface area contributed by atoms with Gasteiger partial charge in [0.2, 0.25) is 5.82 Å². The Hall–Kier alpha value is -4.24. The molecule has 1 spiro atoms. The van der Waals surface area contributed by atoms with Crippen LogP contribution in [0.1, 0.15) is 64.3 Å². The van der Waals surface area contributed by atoms with Crippen LogP contribution in [-0.2, 0) is 32.1 Å². The Morgan fingerprint density at radius 3 is 2.06 bits per heavy atom. The molecular weight excluding hydrogens is 687 g/mol. The Kier molecular flexibility index (Phi) is 10.7. The third kappa shape index (κ3) is 7.47. The van der Waals surface area contributed by atoms with Crippen LogP contribution in [-0.4, -0.2) is 60.7 Å². The maximum absolute atomic E-state index is 14.2. The second kappa shape index (κ2) is 15.4. The zero-order chi connectivity index (χ0) is 36.4. The van der Waals surface area contributed by atoms with Gasteiger partial charge in [-0.1, -0.05) is 72.8 Å². The Balaban J connectivity index is 1.07. The Bertz CT molecular complexity index is 1870. The first kappa shape index (κ1) is 36.1. The number of hydrogen-bond donors (Lipinski definition) is 2. The van der Waals surface area contributed by atoms with Gasteiger partial charge in [0.05, 0.1) is 32.0 Å². The van der Waals surface area contributed by atoms with E-state index in [1.807, 2.05) is 48.5 Å². The number of nitrogens with one attached hydrogen (secondary N) is 1. The first-order chi connectivity index (χ1) is 25.1. The number of aliphatic hydroxyl groups is 1. The van der Waals surface area contributed by atoms with Crippen molar-refractivity contribution in [2.24, 2.45) is 0 Å². The third-order valence-electron chi connectivity index (χ3n) is 9.90. The molecule has 13 heteroatoms. The molecule has 0 aromatic heterocycles. The molecule has 0 aliphatic carbocycles. The zero-order valence-corrected chi connectivity index (χ0v) is 28.1. The van der Waals surface area contributed by atoms with Gasteiger partial charge in [0.15, 0.2) is 35.3 Å². The molecule has 3 saturated heterocycles. The molecule has 3 fully saturated rings. The van der Waals surface area contributed by atoms with Crippen molar-refractivity contribution < 1.29 is 50.8 Å². The minimum Gasteiger partial charge on any atom is -0.392 e. The second-order valence-electron chi connectivity index (χ2n) is 13.2. The van der Waals surface area contributed by atoms with Crippen LogP contribution in [0.3, 0.4) is 0 Å². The molecule has 3 heterocycles. The van der Waals surface area contributed by atoms with Crippen molar-refractivity contribution in [3.8, 4) is 11.1 Å². The second-order valence-corrected chi connectivity index (χ2v) is 13.2. The number of nitrogens with zero attached hydrogens (tertiary/aromatic N) is 1. The number of ether oxygens (including phenoxy) is 4. The molecule has 52 heavy (non-hydrogen) atoms. The van der Waals surface area contributed by atoms with E-state index in [1.165, 1.54) is 0 Å². The number of likely N-dealkylation sites (tertiary alicyclic amines) is 1. The zero-order valence-electron chi connectivity index (χ0n) is 28.1. The number of halogens is 5. The van der Waals surface area contributed by atoms with E-state index in [2.05, 4.69) is 10.2 Å². The first-order valence-corrected chi connectivity index (χ1v) is 17.1. The van der Waals surface area contributed by atoms with Gasteiger partial charge in [0.1, 0.15) is 5.56 Å². The van der Waals surface area contributed by atoms with Gasteiger partial charge in [-0.2, -0.15) is 0 Å². The van der Waals surface area contributed by atoms with Gasteiger partial charge in [-0.3, -0.25) is 4.79 Å². The number of aliphatic hydroxyl groups excluding tert-OH is 1. The fourth-order valence-electron chi connectivity index (χ4n) is 7.03. The summed E-state index contributed by atoms with van der Waals surface area (Å²) in [4.78, 5) is 15.0. The fraction of sp³-hybridized carbons (Fsp3) is 0.359. The van der Waals surface area contributed by atoms with Crippen molar-refractivity contribution in [2.75, 3.05) is 32.8 Å². The molecule has 3 aliphatic rings. The van der Waals surface area contributed by atoms with E-state index in [9.17, 15) is 31.9 Å². The predicted molar refractivity (Wildman–Crippen MR) is 178 cm³/mol. The molecule has 8 nitrogen and oxygen atoms in total. The van der Waals surface area contributed by atoms with Crippen molar-refractivity contribution in [1.82, 2.24) is 10.2 Å². The summed E-state index contributed by atoms with van der Waals surface area (Å²) in [5.74, 6) is -13.0. The van der Waals surface area contributed by atoms with Crippen molar-refractivity contribution in [2.45, 2.75) is 56.7 Å². The topological polar surface area (TPSA) is 89.5 Å². The first-order valence-electron chi connectivity index (χ1n) is 17.1. The van der Waals surface area contributed by atoms with Crippen LogP contribution in [0.4, 0.5) is 22.0 Å². The molecule has 3 unspecified atom stereocenters. The van der Waals surface area contributed by atoms with Crippen LogP contribution in [0.5, 0.6) is 0 Å². The Labute approximate surface area is 297 Å². The molecule has 3 atom stereocenters. The summed E-state index contributed by atoms with van der Waals surface area (Å²) in [5, 5.41) is 11.8. The summed E-state index contributed by atoms with van der Waals surface area (Å²) < 4.78 is 94.3. The Morgan fingerprint density at radius 1 is 0.788 bits per heavy atom.